The quantitative estimate of drug-likeness (QED) is 0.549. The lowest BCUT2D eigenvalue weighted by Crippen LogP contribution is -2.19. The SMILES string of the molecule is CCCCN(C)C/C=C/c1ccccc1[N+](=O)[O-]. The average Bonchev–Trinajstić information content (AvgIpc) is 2.36. The van der Waals surface area contributed by atoms with Crippen LogP contribution in [0.4, 0.5) is 5.69 Å². The van der Waals surface area contributed by atoms with E-state index in [2.05, 4.69) is 18.9 Å². The number of nitro groups is 1. The molecule has 0 radical (unpaired) electrons. The number of nitrogens with zero attached hydrogens (tertiary/aromatic N) is 2. The molecule has 0 bridgehead atoms. The zero-order chi connectivity index (χ0) is 13.4. The van der Waals surface area contributed by atoms with Gasteiger partial charge >= 0.3 is 0 Å². The molecule has 4 heteroatoms. The molecule has 0 unspecified atom stereocenters. The van der Waals surface area contributed by atoms with Crippen molar-refractivity contribution in [1.29, 1.82) is 0 Å². The lowest BCUT2D eigenvalue weighted by Gasteiger charge is -2.12. The fourth-order valence-electron chi connectivity index (χ4n) is 1.67. The van der Waals surface area contributed by atoms with Crippen LogP contribution in [-0.4, -0.2) is 30.0 Å². The van der Waals surface area contributed by atoms with Crippen molar-refractivity contribution in [2.24, 2.45) is 0 Å². The predicted octanol–water partition coefficient (Wildman–Crippen LogP) is 3.34. The Morgan fingerprint density at radius 1 is 1.39 bits per heavy atom. The largest absolute Gasteiger partial charge is 0.303 e. The van der Waals surface area contributed by atoms with Gasteiger partial charge in [-0.2, -0.15) is 0 Å². The van der Waals surface area contributed by atoms with E-state index in [1.807, 2.05) is 18.2 Å². The van der Waals surface area contributed by atoms with Gasteiger partial charge in [0.2, 0.25) is 0 Å². The van der Waals surface area contributed by atoms with E-state index in [1.165, 1.54) is 18.9 Å². The molecule has 18 heavy (non-hydrogen) atoms. The molecule has 0 aliphatic rings. The van der Waals surface area contributed by atoms with Gasteiger partial charge in [0.1, 0.15) is 0 Å². The number of rotatable bonds is 7. The first-order chi connectivity index (χ1) is 8.65. The normalized spacial score (nSPS) is 11.3. The lowest BCUT2D eigenvalue weighted by atomic mass is 10.1. The van der Waals surface area contributed by atoms with Crippen LogP contribution in [-0.2, 0) is 0 Å². The van der Waals surface area contributed by atoms with Gasteiger partial charge in [0.25, 0.3) is 5.69 Å². The van der Waals surface area contributed by atoms with Crippen molar-refractivity contribution in [1.82, 2.24) is 4.90 Å². The minimum absolute atomic E-state index is 0.157. The Hall–Kier alpha value is -1.68. The highest BCUT2D eigenvalue weighted by molar-refractivity contribution is 5.60. The molecule has 0 atom stereocenters. The van der Waals surface area contributed by atoms with E-state index in [4.69, 9.17) is 0 Å². The van der Waals surface area contributed by atoms with E-state index < -0.39 is 0 Å². The highest BCUT2D eigenvalue weighted by atomic mass is 16.6. The summed E-state index contributed by atoms with van der Waals surface area (Å²) in [6.45, 7) is 4.03. The fourth-order valence-corrected chi connectivity index (χ4v) is 1.67. The summed E-state index contributed by atoms with van der Waals surface area (Å²) in [4.78, 5) is 12.7. The van der Waals surface area contributed by atoms with Crippen molar-refractivity contribution in [3.8, 4) is 0 Å². The predicted molar refractivity (Wildman–Crippen MR) is 74.5 cm³/mol. The van der Waals surface area contributed by atoms with Gasteiger partial charge in [0, 0.05) is 12.6 Å². The Bertz CT molecular complexity index is 416. The molecule has 1 aromatic rings. The van der Waals surface area contributed by atoms with E-state index in [1.54, 1.807) is 12.1 Å². The van der Waals surface area contributed by atoms with E-state index >= 15 is 0 Å². The van der Waals surface area contributed by atoms with Crippen LogP contribution in [0.1, 0.15) is 25.3 Å². The Morgan fingerprint density at radius 3 is 2.78 bits per heavy atom. The maximum Gasteiger partial charge on any atom is 0.276 e. The second-order valence-electron chi connectivity index (χ2n) is 4.33. The molecule has 0 spiro atoms. The minimum atomic E-state index is -0.347. The van der Waals surface area contributed by atoms with Crippen LogP contribution in [0.15, 0.2) is 30.3 Å². The van der Waals surface area contributed by atoms with Gasteiger partial charge < -0.3 is 4.90 Å². The molecule has 1 rings (SSSR count). The van der Waals surface area contributed by atoms with Crippen LogP contribution in [0.2, 0.25) is 0 Å². The van der Waals surface area contributed by atoms with E-state index in [-0.39, 0.29) is 10.6 Å². The Kier molecular flexibility index (Phi) is 6.08. The van der Waals surface area contributed by atoms with Gasteiger partial charge in [-0.15, -0.1) is 0 Å². The summed E-state index contributed by atoms with van der Waals surface area (Å²) < 4.78 is 0. The van der Waals surface area contributed by atoms with Crippen LogP contribution < -0.4 is 0 Å². The molecule has 0 N–H and O–H groups in total. The molecule has 0 saturated carbocycles. The number of hydrogen-bond donors (Lipinski definition) is 0. The zero-order valence-corrected chi connectivity index (χ0v) is 11.0. The van der Waals surface area contributed by atoms with Crippen molar-refractivity contribution in [3.05, 3.63) is 46.0 Å². The molecular formula is C14H20N2O2. The van der Waals surface area contributed by atoms with Crippen LogP contribution >= 0.6 is 0 Å². The number of para-hydroxylation sites is 1. The zero-order valence-electron chi connectivity index (χ0n) is 11.0. The minimum Gasteiger partial charge on any atom is -0.303 e. The summed E-state index contributed by atoms with van der Waals surface area (Å²) in [5.41, 5.74) is 0.816. The van der Waals surface area contributed by atoms with Crippen LogP contribution in [0.25, 0.3) is 6.08 Å². The number of hydrogen-bond acceptors (Lipinski definition) is 3. The maximum absolute atomic E-state index is 10.8. The molecule has 0 amide bonds. The van der Waals surface area contributed by atoms with Crippen molar-refractivity contribution < 1.29 is 4.92 Å². The Morgan fingerprint density at radius 2 is 2.11 bits per heavy atom. The molecule has 0 saturated heterocycles. The molecule has 0 heterocycles. The summed E-state index contributed by atoms with van der Waals surface area (Å²) in [5.74, 6) is 0. The molecule has 0 aliphatic carbocycles. The second-order valence-corrected chi connectivity index (χ2v) is 4.33. The Balaban J connectivity index is 2.59. The van der Waals surface area contributed by atoms with Gasteiger partial charge in [0.05, 0.1) is 10.5 Å². The number of nitro benzene ring substituents is 1. The molecule has 4 nitrogen and oxygen atoms in total. The van der Waals surface area contributed by atoms with E-state index in [0.717, 1.165) is 13.1 Å². The van der Waals surface area contributed by atoms with Gasteiger partial charge in [-0.25, -0.2) is 0 Å². The standard InChI is InChI=1S/C14H20N2O2/c1-3-4-11-15(2)12-7-9-13-8-5-6-10-14(13)16(17)18/h5-10H,3-4,11-12H2,1-2H3/b9-7+. The first-order valence-corrected chi connectivity index (χ1v) is 6.23. The van der Waals surface area contributed by atoms with Crippen LogP contribution in [0.5, 0.6) is 0 Å². The van der Waals surface area contributed by atoms with Gasteiger partial charge in [-0.05, 0) is 26.1 Å². The third kappa shape index (κ3) is 4.67. The smallest absolute Gasteiger partial charge is 0.276 e. The first-order valence-electron chi connectivity index (χ1n) is 6.23. The first kappa shape index (κ1) is 14.4. The molecule has 98 valence electrons. The molecule has 0 aromatic heterocycles. The summed E-state index contributed by atoms with van der Waals surface area (Å²) in [7, 11) is 2.05. The van der Waals surface area contributed by atoms with Gasteiger partial charge in [-0.1, -0.05) is 37.6 Å². The number of benzene rings is 1. The number of unbranched alkanes of at least 4 members (excludes halogenated alkanes) is 1. The van der Waals surface area contributed by atoms with Gasteiger partial charge in [-0.3, -0.25) is 10.1 Å². The highest BCUT2D eigenvalue weighted by Crippen LogP contribution is 2.18. The summed E-state index contributed by atoms with van der Waals surface area (Å²) in [6.07, 6.45) is 6.15. The topological polar surface area (TPSA) is 46.4 Å². The van der Waals surface area contributed by atoms with Crippen molar-refractivity contribution >= 4 is 11.8 Å². The average molecular weight is 248 g/mol. The monoisotopic (exact) mass is 248 g/mol. The second kappa shape index (κ2) is 7.61. The molecular weight excluding hydrogens is 228 g/mol. The fraction of sp³-hybridized carbons (Fsp3) is 0.429. The van der Waals surface area contributed by atoms with Crippen molar-refractivity contribution in [3.63, 3.8) is 0 Å². The highest BCUT2D eigenvalue weighted by Gasteiger charge is 2.08. The summed E-state index contributed by atoms with van der Waals surface area (Å²) in [5, 5.41) is 10.8. The summed E-state index contributed by atoms with van der Waals surface area (Å²) in [6, 6.07) is 6.79. The number of likely N-dealkylation sites (N-methyl/N-ethyl adjacent to an activating group) is 1. The van der Waals surface area contributed by atoms with Crippen LogP contribution in [0.3, 0.4) is 0 Å². The lowest BCUT2D eigenvalue weighted by molar-refractivity contribution is -0.385. The van der Waals surface area contributed by atoms with Crippen LogP contribution in [0, 0.1) is 10.1 Å². The summed E-state index contributed by atoms with van der Waals surface area (Å²) >= 11 is 0. The van der Waals surface area contributed by atoms with Gasteiger partial charge in [0.15, 0.2) is 0 Å². The van der Waals surface area contributed by atoms with Crippen molar-refractivity contribution in [2.75, 3.05) is 20.1 Å². The molecule has 1 aromatic carbocycles. The van der Waals surface area contributed by atoms with E-state index in [0.29, 0.717) is 5.56 Å². The van der Waals surface area contributed by atoms with Crippen molar-refractivity contribution in [2.45, 2.75) is 19.8 Å². The third-order valence-electron chi connectivity index (χ3n) is 2.74. The third-order valence-corrected chi connectivity index (χ3v) is 2.74. The molecule has 0 fully saturated rings. The maximum atomic E-state index is 10.8. The molecule has 0 aliphatic heterocycles. The Labute approximate surface area is 108 Å². The van der Waals surface area contributed by atoms with E-state index in [9.17, 15) is 10.1 Å².